The number of halogens is 1. The van der Waals surface area contributed by atoms with E-state index >= 15 is 0 Å². The molecule has 0 radical (unpaired) electrons. The molecule has 2 nitrogen and oxygen atoms in total. The number of aryl methyl sites for hydroxylation is 1. The lowest BCUT2D eigenvalue weighted by atomic mass is 10.2. The molecule has 1 aromatic heterocycles. The Balaban J connectivity index is 0.000000720. The first-order valence-corrected chi connectivity index (χ1v) is 3.55. The molecule has 0 spiro atoms. The molecule has 0 bridgehead atoms. The first kappa shape index (κ1) is 8.94. The van der Waals surface area contributed by atoms with E-state index in [0.29, 0.717) is 0 Å². The van der Waals surface area contributed by atoms with E-state index in [-0.39, 0.29) is 12.4 Å². The largest absolute Gasteiger partial charge is 0.241 e. The van der Waals surface area contributed by atoms with Crippen LogP contribution in [0.15, 0.2) is 30.5 Å². The quantitative estimate of drug-likeness (QED) is 0.622. The van der Waals surface area contributed by atoms with E-state index in [1.807, 2.05) is 37.4 Å². The van der Waals surface area contributed by atoms with Gasteiger partial charge in [0.05, 0.1) is 5.52 Å². The van der Waals surface area contributed by atoms with Crippen LogP contribution in [-0.2, 0) is 0 Å². The Hall–Kier alpha value is -1.15. The van der Waals surface area contributed by atoms with E-state index in [0.717, 1.165) is 16.7 Å². The summed E-state index contributed by atoms with van der Waals surface area (Å²) in [4.78, 5) is 8.36. The molecule has 0 amide bonds. The molecule has 0 atom stereocenters. The molecule has 1 heterocycles. The number of hydrogen-bond donors (Lipinski definition) is 0. The lowest BCUT2D eigenvalue weighted by molar-refractivity contribution is 1.09. The molecule has 62 valence electrons. The monoisotopic (exact) mass is 180 g/mol. The zero-order valence-corrected chi connectivity index (χ0v) is 7.51. The molecule has 0 aliphatic rings. The van der Waals surface area contributed by atoms with Gasteiger partial charge < -0.3 is 0 Å². The smallest absolute Gasteiger partial charge is 0.125 e. The van der Waals surface area contributed by atoms with Crippen LogP contribution in [0.25, 0.3) is 10.9 Å². The second-order valence-corrected chi connectivity index (χ2v) is 2.48. The Morgan fingerprint density at radius 2 is 1.92 bits per heavy atom. The van der Waals surface area contributed by atoms with Crippen molar-refractivity contribution in [3.63, 3.8) is 0 Å². The van der Waals surface area contributed by atoms with Gasteiger partial charge in [-0.3, -0.25) is 0 Å². The van der Waals surface area contributed by atoms with Gasteiger partial charge in [-0.2, -0.15) is 0 Å². The van der Waals surface area contributed by atoms with Crippen molar-refractivity contribution >= 4 is 23.3 Å². The van der Waals surface area contributed by atoms with Gasteiger partial charge in [-0.25, -0.2) is 9.97 Å². The molecule has 2 rings (SSSR count). The fourth-order valence-corrected chi connectivity index (χ4v) is 1.06. The Labute approximate surface area is 77.1 Å². The topological polar surface area (TPSA) is 25.8 Å². The van der Waals surface area contributed by atoms with Crippen LogP contribution in [0.2, 0.25) is 0 Å². The van der Waals surface area contributed by atoms with E-state index in [1.54, 1.807) is 0 Å². The Kier molecular flexibility index (Phi) is 2.61. The second-order valence-electron chi connectivity index (χ2n) is 2.48. The Bertz CT molecular complexity index is 387. The number of hydrogen-bond acceptors (Lipinski definition) is 2. The summed E-state index contributed by atoms with van der Waals surface area (Å²) in [5.41, 5.74) is 1.01. The minimum Gasteiger partial charge on any atom is -0.241 e. The molecule has 12 heavy (non-hydrogen) atoms. The maximum absolute atomic E-state index is 4.26. The minimum absolute atomic E-state index is 0. The Morgan fingerprint density at radius 3 is 2.75 bits per heavy atom. The van der Waals surface area contributed by atoms with E-state index in [1.165, 1.54) is 0 Å². The molecule has 3 heteroatoms. The van der Waals surface area contributed by atoms with Crippen LogP contribution in [0.1, 0.15) is 5.82 Å². The van der Waals surface area contributed by atoms with Crippen LogP contribution in [0.5, 0.6) is 0 Å². The van der Waals surface area contributed by atoms with E-state index < -0.39 is 0 Å². The predicted octanol–water partition coefficient (Wildman–Crippen LogP) is 2.36. The lowest BCUT2D eigenvalue weighted by Gasteiger charge is -1.95. The SMILES string of the molecule is Cc1ncc2ccccc2n1.Cl. The Morgan fingerprint density at radius 1 is 1.17 bits per heavy atom. The second kappa shape index (κ2) is 3.50. The number of para-hydroxylation sites is 1. The van der Waals surface area contributed by atoms with Crippen LogP contribution in [0.4, 0.5) is 0 Å². The van der Waals surface area contributed by atoms with Crippen molar-refractivity contribution in [3.8, 4) is 0 Å². The molecule has 0 aliphatic heterocycles. The van der Waals surface area contributed by atoms with Crippen molar-refractivity contribution in [2.45, 2.75) is 6.92 Å². The molecule has 0 saturated carbocycles. The van der Waals surface area contributed by atoms with Gasteiger partial charge in [-0.15, -0.1) is 12.4 Å². The third kappa shape index (κ3) is 1.53. The molecular formula is C9H9ClN2. The van der Waals surface area contributed by atoms with Crippen molar-refractivity contribution < 1.29 is 0 Å². The van der Waals surface area contributed by atoms with Crippen LogP contribution in [0, 0.1) is 6.92 Å². The summed E-state index contributed by atoms with van der Waals surface area (Å²) >= 11 is 0. The number of rotatable bonds is 0. The third-order valence-electron chi connectivity index (χ3n) is 1.61. The van der Waals surface area contributed by atoms with Crippen molar-refractivity contribution in [1.29, 1.82) is 0 Å². The summed E-state index contributed by atoms with van der Waals surface area (Å²) < 4.78 is 0. The van der Waals surface area contributed by atoms with Crippen molar-refractivity contribution in [1.82, 2.24) is 9.97 Å². The number of benzene rings is 1. The molecule has 0 saturated heterocycles. The molecule has 0 N–H and O–H groups in total. The van der Waals surface area contributed by atoms with E-state index in [2.05, 4.69) is 9.97 Å². The summed E-state index contributed by atoms with van der Waals surface area (Å²) in [6.45, 7) is 1.90. The number of aromatic nitrogens is 2. The minimum atomic E-state index is 0. The average Bonchev–Trinajstić information content (AvgIpc) is 2.04. The number of nitrogens with zero attached hydrogens (tertiary/aromatic N) is 2. The first-order chi connectivity index (χ1) is 5.36. The van der Waals surface area contributed by atoms with Gasteiger partial charge in [-0.05, 0) is 13.0 Å². The zero-order valence-electron chi connectivity index (χ0n) is 6.69. The van der Waals surface area contributed by atoms with Gasteiger partial charge in [-0.1, -0.05) is 18.2 Å². The van der Waals surface area contributed by atoms with Crippen molar-refractivity contribution in [2.75, 3.05) is 0 Å². The van der Waals surface area contributed by atoms with Crippen LogP contribution >= 0.6 is 12.4 Å². The number of fused-ring (bicyclic) bond motifs is 1. The van der Waals surface area contributed by atoms with Gasteiger partial charge in [0, 0.05) is 11.6 Å². The van der Waals surface area contributed by atoms with Gasteiger partial charge in [0.15, 0.2) is 0 Å². The van der Waals surface area contributed by atoms with Crippen molar-refractivity contribution in [3.05, 3.63) is 36.3 Å². The van der Waals surface area contributed by atoms with Gasteiger partial charge in [0.1, 0.15) is 5.82 Å². The molecule has 0 aliphatic carbocycles. The summed E-state index contributed by atoms with van der Waals surface area (Å²) in [7, 11) is 0. The highest BCUT2D eigenvalue weighted by Gasteiger charge is 1.92. The highest BCUT2D eigenvalue weighted by atomic mass is 35.5. The highest BCUT2D eigenvalue weighted by Crippen LogP contribution is 2.08. The standard InChI is InChI=1S/C9H8N2.ClH/c1-7-10-6-8-4-2-3-5-9(8)11-7;/h2-6H,1H3;1H. The maximum atomic E-state index is 4.26. The van der Waals surface area contributed by atoms with E-state index in [4.69, 9.17) is 0 Å². The molecule has 2 aromatic rings. The predicted molar refractivity (Wildman–Crippen MR) is 51.5 cm³/mol. The average molecular weight is 181 g/mol. The fourth-order valence-electron chi connectivity index (χ4n) is 1.06. The third-order valence-corrected chi connectivity index (χ3v) is 1.61. The summed E-state index contributed by atoms with van der Waals surface area (Å²) in [6.07, 6.45) is 1.84. The van der Waals surface area contributed by atoms with Gasteiger partial charge in [0.25, 0.3) is 0 Å². The van der Waals surface area contributed by atoms with Crippen LogP contribution in [-0.4, -0.2) is 9.97 Å². The van der Waals surface area contributed by atoms with Crippen LogP contribution in [0.3, 0.4) is 0 Å². The summed E-state index contributed by atoms with van der Waals surface area (Å²) in [5.74, 6) is 0.823. The summed E-state index contributed by atoms with van der Waals surface area (Å²) in [6, 6.07) is 7.97. The molecule has 0 fully saturated rings. The van der Waals surface area contributed by atoms with Gasteiger partial charge >= 0.3 is 0 Å². The molecule has 0 unspecified atom stereocenters. The highest BCUT2D eigenvalue weighted by molar-refractivity contribution is 5.85. The normalized spacial score (nSPS) is 9.42. The zero-order chi connectivity index (χ0) is 7.68. The molecule has 1 aromatic carbocycles. The van der Waals surface area contributed by atoms with Gasteiger partial charge in [0.2, 0.25) is 0 Å². The van der Waals surface area contributed by atoms with Crippen LogP contribution < -0.4 is 0 Å². The first-order valence-electron chi connectivity index (χ1n) is 3.55. The van der Waals surface area contributed by atoms with Crippen molar-refractivity contribution in [2.24, 2.45) is 0 Å². The molecular weight excluding hydrogens is 172 g/mol. The maximum Gasteiger partial charge on any atom is 0.125 e. The summed E-state index contributed by atoms with van der Waals surface area (Å²) in [5, 5.41) is 1.10. The lowest BCUT2D eigenvalue weighted by Crippen LogP contribution is -1.86. The fraction of sp³-hybridized carbons (Fsp3) is 0.111. The van der Waals surface area contributed by atoms with E-state index in [9.17, 15) is 0 Å².